The summed E-state index contributed by atoms with van der Waals surface area (Å²) in [6.45, 7) is 0. The molecule has 0 amide bonds. The molecule has 2 rings (SSSR count). The maximum absolute atomic E-state index is 11.2. The fraction of sp³-hybridized carbons (Fsp3) is 0.100. The average Bonchev–Trinajstić information content (AvgIpc) is 2.28. The van der Waals surface area contributed by atoms with Gasteiger partial charge >= 0.3 is 5.69 Å². The lowest BCUT2D eigenvalue weighted by molar-refractivity contribution is 0.415. The molecule has 0 aliphatic heterocycles. The van der Waals surface area contributed by atoms with E-state index in [1.165, 1.54) is 0 Å². The van der Waals surface area contributed by atoms with Crippen LogP contribution >= 0.6 is 15.9 Å². The average molecular weight is 297 g/mol. The molecule has 0 saturated carbocycles. The number of benzene rings is 1. The lowest BCUT2D eigenvalue weighted by atomic mass is 10.2. The Labute approximate surface area is 105 Å². The molecule has 0 radical (unpaired) electrons. The molecule has 0 fully saturated rings. The second-order valence-corrected chi connectivity index (χ2v) is 4.06. The minimum atomic E-state index is -0.540. The third kappa shape index (κ3) is 2.44. The number of rotatable bonds is 2. The van der Waals surface area contributed by atoms with Crippen LogP contribution < -0.4 is 16.2 Å². The first-order valence-corrected chi connectivity index (χ1v) is 5.47. The number of nitrogens with two attached hydrogens (primary N) is 1. The van der Waals surface area contributed by atoms with Crippen molar-refractivity contribution >= 4 is 21.9 Å². The molecule has 0 spiro atoms. The fourth-order valence-corrected chi connectivity index (χ4v) is 1.78. The Hall–Kier alpha value is -1.89. The molecule has 0 bridgehead atoms. The van der Waals surface area contributed by atoms with Crippen molar-refractivity contribution in [3.05, 3.63) is 33.2 Å². The highest BCUT2D eigenvalue weighted by Crippen LogP contribution is 2.29. The number of aromatic amines is 1. The van der Waals surface area contributed by atoms with Crippen LogP contribution in [0.15, 0.2) is 27.5 Å². The molecule has 7 heteroatoms. The van der Waals surface area contributed by atoms with E-state index >= 15 is 0 Å². The first-order chi connectivity index (χ1) is 8.10. The second kappa shape index (κ2) is 4.54. The zero-order valence-electron chi connectivity index (χ0n) is 8.90. The smallest absolute Gasteiger partial charge is 0.349 e. The minimum Gasteiger partial charge on any atom is -0.497 e. The fourth-order valence-electron chi connectivity index (χ4n) is 1.34. The number of methoxy groups -OCH3 is 1. The summed E-state index contributed by atoms with van der Waals surface area (Å²) < 4.78 is 5.87. The lowest BCUT2D eigenvalue weighted by Crippen LogP contribution is -2.15. The van der Waals surface area contributed by atoms with Crippen LogP contribution in [-0.4, -0.2) is 22.1 Å². The highest BCUT2D eigenvalue weighted by Gasteiger charge is 2.08. The quantitative estimate of drug-likeness (QED) is 0.868. The van der Waals surface area contributed by atoms with E-state index in [2.05, 4.69) is 30.9 Å². The highest BCUT2D eigenvalue weighted by molar-refractivity contribution is 9.10. The van der Waals surface area contributed by atoms with Gasteiger partial charge in [-0.25, -0.2) is 4.79 Å². The minimum absolute atomic E-state index is 0.0709. The van der Waals surface area contributed by atoms with Gasteiger partial charge in [-0.15, -0.1) is 0 Å². The van der Waals surface area contributed by atoms with Crippen molar-refractivity contribution in [2.24, 2.45) is 0 Å². The summed E-state index contributed by atoms with van der Waals surface area (Å²) >= 11 is 3.37. The summed E-state index contributed by atoms with van der Waals surface area (Å²) in [6.07, 6.45) is 0. The van der Waals surface area contributed by atoms with Crippen molar-refractivity contribution in [2.75, 3.05) is 12.8 Å². The van der Waals surface area contributed by atoms with Crippen LogP contribution in [0.2, 0.25) is 0 Å². The number of ether oxygens (including phenoxy) is 1. The monoisotopic (exact) mass is 296 g/mol. The highest BCUT2D eigenvalue weighted by atomic mass is 79.9. The van der Waals surface area contributed by atoms with Crippen LogP contribution in [0.4, 0.5) is 5.95 Å². The number of H-pyrrole nitrogens is 1. The van der Waals surface area contributed by atoms with Crippen LogP contribution in [0, 0.1) is 0 Å². The molecule has 3 N–H and O–H groups in total. The van der Waals surface area contributed by atoms with Gasteiger partial charge in [0.25, 0.3) is 0 Å². The molecule has 1 aromatic heterocycles. The third-order valence-corrected chi connectivity index (χ3v) is 2.79. The summed E-state index contributed by atoms with van der Waals surface area (Å²) in [5, 5.41) is 0. The standard InChI is InChI=1S/C10H9BrN4O2/c1-17-5-2-3-7(11)6(4-5)8-13-9(12)15-10(16)14-8/h2-4H,1H3,(H3,12,13,14,15,16). The van der Waals surface area contributed by atoms with Gasteiger partial charge < -0.3 is 10.5 Å². The van der Waals surface area contributed by atoms with Crippen LogP contribution in [-0.2, 0) is 0 Å². The Balaban J connectivity index is 2.62. The van der Waals surface area contributed by atoms with Crippen molar-refractivity contribution in [1.29, 1.82) is 0 Å². The van der Waals surface area contributed by atoms with E-state index in [0.29, 0.717) is 17.1 Å². The van der Waals surface area contributed by atoms with E-state index in [9.17, 15) is 4.79 Å². The van der Waals surface area contributed by atoms with Crippen molar-refractivity contribution in [3.8, 4) is 17.1 Å². The number of halogens is 1. The summed E-state index contributed by atoms with van der Waals surface area (Å²) in [7, 11) is 1.56. The molecule has 0 unspecified atom stereocenters. The summed E-state index contributed by atoms with van der Waals surface area (Å²) in [5.74, 6) is 0.924. The molecule has 0 aliphatic carbocycles. The molecule has 1 aromatic carbocycles. The molecule has 0 atom stereocenters. The summed E-state index contributed by atoms with van der Waals surface area (Å²) in [4.78, 5) is 21.1. The predicted molar refractivity (Wildman–Crippen MR) is 66.8 cm³/mol. The number of aromatic nitrogens is 3. The Morgan fingerprint density at radius 1 is 1.41 bits per heavy atom. The molecule has 0 saturated heterocycles. The van der Waals surface area contributed by atoms with E-state index in [4.69, 9.17) is 10.5 Å². The van der Waals surface area contributed by atoms with E-state index in [0.717, 1.165) is 4.47 Å². The zero-order valence-corrected chi connectivity index (χ0v) is 10.5. The van der Waals surface area contributed by atoms with E-state index in [-0.39, 0.29) is 5.95 Å². The van der Waals surface area contributed by atoms with Gasteiger partial charge in [0.05, 0.1) is 7.11 Å². The van der Waals surface area contributed by atoms with Crippen LogP contribution in [0.3, 0.4) is 0 Å². The van der Waals surface area contributed by atoms with Crippen LogP contribution in [0.5, 0.6) is 5.75 Å². The molecule has 0 aliphatic rings. The zero-order chi connectivity index (χ0) is 12.4. The van der Waals surface area contributed by atoms with Gasteiger partial charge in [0, 0.05) is 10.0 Å². The van der Waals surface area contributed by atoms with Crippen molar-refractivity contribution < 1.29 is 4.74 Å². The Morgan fingerprint density at radius 3 is 2.82 bits per heavy atom. The Kier molecular flexibility index (Phi) is 3.10. The Morgan fingerprint density at radius 2 is 2.18 bits per heavy atom. The number of nitrogen functional groups attached to an aromatic ring is 1. The van der Waals surface area contributed by atoms with Gasteiger partial charge in [0.1, 0.15) is 11.6 Å². The van der Waals surface area contributed by atoms with E-state index in [1.54, 1.807) is 25.3 Å². The van der Waals surface area contributed by atoms with Gasteiger partial charge in [-0.1, -0.05) is 15.9 Å². The first-order valence-electron chi connectivity index (χ1n) is 4.68. The maximum atomic E-state index is 11.2. The molecular formula is C10H9BrN4O2. The molecular weight excluding hydrogens is 288 g/mol. The third-order valence-electron chi connectivity index (χ3n) is 2.10. The van der Waals surface area contributed by atoms with E-state index in [1.807, 2.05) is 0 Å². The van der Waals surface area contributed by atoms with Gasteiger partial charge in [-0.2, -0.15) is 9.97 Å². The van der Waals surface area contributed by atoms with Crippen molar-refractivity contribution in [3.63, 3.8) is 0 Å². The van der Waals surface area contributed by atoms with Gasteiger partial charge in [-0.05, 0) is 18.2 Å². The van der Waals surface area contributed by atoms with Crippen molar-refractivity contribution in [2.45, 2.75) is 0 Å². The molecule has 88 valence electrons. The number of nitrogens with one attached hydrogen (secondary N) is 1. The molecule has 17 heavy (non-hydrogen) atoms. The largest absolute Gasteiger partial charge is 0.497 e. The van der Waals surface area contributed by atoms with Gasteiger partial charge in [-0.3, -0.25) is 4.98 Å². The number of anilines is 1. The van der Waals surface area contributed by atoms with E-state index < -0.39 is 5.69 Å². The summed E-state index contributed by atoms with van der Waals surface area (Å²) in [5.41, 5.74) is 5.57. The summed E-state index contributed by atoms with van der Waals surface area (Å²) in [6, 6.07) is 5.32. The number of hydrogen-bond donors (Lipinski definition) is 2. The number of nitrogens with zero attached hydrogens (tertiary/aromatic N) is 2. The Bertz CT molecular complexity index is 611. The normalized spacial score (nSPS) is 10.2. The SMILES string of the molecule is COc1ccc(Br)c(-c2nc(N)nc(=O)[nH]2)c1. The lowest BCUT2D eigenvalue weighted by Gasteiger charge is -2.06. The van der Waals surface area contributed by atoms with Crippen LogP contribution in [0.1, 0.15) is 0 Å². The predicted octanol–water partition coefficient (Wildman–Crippen LogP) is 1.19. The van der Waals surface area contributed by atoms with Crippen molar-refractivity contribution in [1.82, 2.24) is 15.0 Å². The topological polar surface area (TPSA) is 93.9 Å². The first kappa shape index (κ1) is 11.6. The maximum Gasteiger partial charge on any atom is 0.349 e. The molecule has 2 aromatic rings. The number of hydrogen-bond acceptors (Lipinski definition) is 5. The van der Waals surface area contributed by atoms with Gasteiger partial charge in [0.15, 0.2) is 0 Å². The second-order valence-electron chi connectivity index (χ2n) is 3.21. The molecule has 1 heterocycles. The van der Waals surface area contributed by atoms with Gasteiger partial charge in [0.2, 0.25) is 5.95 Å². The van der Waals surface area contributed by atoms with Crippen LogP contribution in [0.25, 0.3) is 11.4 Å². The molecule has 6 nitrogen and oxygen atoms in total.